The minimum absolute atomic E-state index is 0.218. The van der Waals surface area contributed by atoms with Gasteiger partial charge in [0.15, 0.2) is 0 Å². The first-order chi connectivity index (χ1) is 13.3. The Morgan fingerprint density at radius 3 is 2.32 bits per heavy atom. The highest BCUT2D eigenvalue weighted by Crippen LogP contribution is 2.30. The van der Waals surface area contributed by atoms with Crippen molar-refractivity contribution < 1.29 is 9.90 Å². The first-order valence-corrected chi connectivity index (χ1v) is 9.16. The average molecular weight is 376 g/mol. The molecule has 0 aliphatic rings. The summed E-state index contributed by atoms with van der Waals surface area (Å²) >= 11 is 0. The largest absolute Gasteiger partial charge is 0.478 e. The lowest BCUT2D eigenvalue weighted by Gasteiger charge is -2.17. The van der Waals surface area contributed by atoms with Crippen molar-refractivity contribution >= 4 is 29.0 Å². The molecule has 0 aliphatic carbocycles. The van der Waals surface area contributed by atoms with E-state index in [1.165, 1.54) is 5.56 Å². The number of carboxylic acid groups (broad SMARTS) is 1. The molecule has 0 saturated carbocycles. The van der Waals surface area contributed by atoms with Crippen molar-refractivity contribution in [2.45, 2.75) is 33.6 Å². The Labute approximate surface area is 164 Å². The number of aromatic carboxylic acids is 1. The van der Waals surface area contributed by atoms with E-state index in [1.807, 2.05) is 13.0 Å². The molecule has 6 heteroatoms. The summed E-state index contributed by atoms with van der Waals surface area (Å²) in [6.07, 6.45) is 0. The Hall–Kier alpha value is -3.41. The topological polar surface area (TPSA) is 87.1 Å². The van der Waals surface area contributed by atoms with E-state index in [0.717, 1.165) is 11.3 Å². The van der Waals surface area contributed by atoms with Crippen LogP contribution in [0, 0.1) is 13.8 Å². The molecule has 0 bridgehead atoms. The van der Waals surface area contributed by atoms with Crippen LogP contribution in [0.4, 0.5) is 23.0 Å². The fourth-order valence-electron chi connectivity index (χ4n) is 3.04. The monoisotopic (exact) mass is 376 g/mol. The summed E-state index contributed by atoms with van der Waals surface area (Å²) in [5.41, 5.74) is 4.29. The average Bonchev–Trinajstić information content (AvgIpc) is 2.63. The quantitative estimate of drug-likeness (QED) is 0.534. The van der Waals surface area contributed by atoms with Crippen LogP contribution in [0.1, 0.15) is 47.1 Å². The van der Waals surface area contributed by atoms with Crippen LogP contribution in [0.5, 0.6) is 0 Å². The third-order valence-electron chi connectivity index (χ3n) is 4.40. The van der Waals surface area contributed by atoms with Gasteiger partial charge in [0.1, 0.15) is 17.5 Å². The number of rotatable bonds is 6. The van der Waals surface area contributed by atoms with E-state index in [4.69, 9.17) is 5.11 Å². The van der Waals surface area contributed by atoms with Crippen molar-refractivity contribution in [3.8, 4) is 0 Å². The summed E-state index contributed by atoms with van der Waals surface area (Å²) < 4.78 is 0. The van der Waals surface area contributed by atoms with E-state index >= 15 is 0 Å². The second-order valence-corrected chi connectivity index (χ2v) is 7.02. The third-order valence-corrected chi connectivity index (χ3v) is 4.40. The summed E-state index contributed by atoms with van der Waals surface area (Å²) in [7, 11) is 0. The number of aryl methyl sites for hydroxylation is 2. The SMILES string of the molecule is Cc1nc(Nc2cccc(C(=O)O)c2)cc(Nc2c(C)cccc2C(C)C)n1. The van der Waals surface area contributed by atoms with Crippen molar-refractivity contribution in [3.63, 3.8) is 0 Å². The Balaban J connectivity index is 1.91. The fraction of sp³-hybridized carbons (Fsp3) is 0.227. The molecular weight excluding hydrogens is 352 g/mol. The van der Waals surface area contributed by atoms with Crippen LogP contribution in [-0.2, 0) is 0 Å². The molecule has 144 valence electrons. The number of nitrogens with one attached hydrogen (secondary N) is 2. The molecule has 3 N–H and O–H groups in total. The molecular formula is C22H24N4O2. The Morgan fingerprint density at radius 1 is 0.964 bits per heavy atom. The zero-order valence-electron chi connectivity index (χ0n) is 16.4. The second kappa shape index (κ2) is 8.08. The van der Waals surface area contributed by atoms with Crippen molar-refractivity contribution in [1.29, 1.82) is 0 Å². The van der Waals surface area contributed by atoms with Gasteiger partial charge in [-0.1, -0.05) is 38.1 Å². The lowest BCUT2D eigenvalue weighted by atomic mass is 9.98. The van der Waals surface area contributed by atoms with Gasteiger partial charge < -0.3 is 15.7 Å². The van der Waals surface area contributed by atoms with Crippen LogP contribution < -0.4 is 10.6 Å². The predicted octanol–water partition coefficient (Wildman–Crippen LogP) is 5.40. The first-order valence-electron chi connectivity index (χ1n) is 9.16. The van der Waals surface area contributed by atoms with Crippen LogP contribution in [0.25, 0.3) is 0 Å². The second-order valence-electron chi connectivity index (χ2n) is 7.02. The van der Waals surface area contributed by atoms with E-state index < -0.39 is 5.97 Å². The summed E-state index contributed by atoms with van der Waals surface area (Å²) in [5.74, 6) is 1.30. The van der Waals surface area contributed by atoms with Crippen molar-refractivity contribution in [2.75, 3.05) is 10.6 Å². The van der Waals surface area contributed by atoms with Gasteiger partial charge in [0, 0.05) is 17.4 Å². The highest BCUT2D eigenvalue weighted by atomic mass is 16.4. The molecule has 3 rings (SSSR count). The summed E-state index contributed by atoms with van der Waals surface area (Å²) in [4.78, 5) is 20.1. The number of hydrogen-bond acceptors (Lipinski definition) is 5. The van der Waals surface area contributed by atoms with Gasteiger partial charge in [-0.3, -0.25) is 0 Å². The van der Waals surface area contributed by atoms with Gasteiger partial charge in [-0.25, -0.2) is 14.8 Å². The van der Waals surface area contributed by atoms with Crippen molar-refractivity contribution in [1.82, 2.24) is 9.97 Å². The van der Waals surface area contributed by atoms with Crippen LogP contribution >= 0.6 is 0 Å². The zero-order chi connectivity index (χ0) is 20.3. The van der Waals surface area contributed by atoms with E-state index in [0.29, 0.717) is 29.1 Å². The van der Waals surface area contributed by atoms with Crippen LogP contribution in [0.15, 0.2) is 48.5 Å². The summed E-state index contributed by atoms with van der Waals surface area (Å²) in [6, 6.07) is 14.7. The van der Waals surface area contributed by atoms with E-state index in [9.17, 15) is 4.79 Å². The van der Waals surface area contributed by atoms with Crippen molar-refractivity contribution in [2.24, 2.45) is 0 Å². The molecule has 0 radical (unpaired) electrons. The number of hydrogen-bond donors (Lipinski definition) is 3. The van der Waals surface area contributed by atoms with Crippen LogP contribution in [0.2, 0.25) is 0 Å². The molecule has 0 spiro atoms. The van der Waals surface area contributed by atoms with E-state index in [2.05, 4.69) is 59.6 Å². The van der Waals surface area contributed by atoms with Gasteiger partial charge in [0.25, 0.3) is 0 Å². The predicted molar refractivity (Wildman–Crippen MR) is 112 cm³/mol. The third kappa shape index (κ3) is 4.46. The number of carbonyl (C=O) groups is 1. The zero-order valence-corrected chi connectivity index (χ0v) is 16.4. The molecule has 6 nitrogen and oxygen atoms in total. The number of nitrogens with zero attached hydrogens (tertiary/aromatic N) is 2. The highest BCUT2D eigenvalue weighted by molar-refractivity contribution is 5.89. The number of benzene rings is 2. The summed E-state index contributed by atoms with van der Waals surface area (Å²) in [6.45, 7) is 8.21. The van der Waals surface area contributed by atoms with Crippen LogP contribution in [-0.4, -0.2) is 21.0 Å². The van der Waals surface area contributed by atoms with Gasteiger partial charge in [0.05, 0.1) is 5.56 Å². The number of aromatic nitrogens is 2. The molecule has 0 amide bonds. The molecule has 28 heavy (non-hydrogen) atoms. The van der Waals surface area contributed by atoms with E-state index in [1.54, 1.807) is 24.3 Å². The maximum atomic E-state index is 11.2. The minimum atomic E-state index is -0.967. The molecule has 0 saturated heterocycles. The molecule has 3 aromatic rings. The Kier molecular flexibility index (Phi) is 5.59. The van der Waals surface area contributed by atoms with Crippen LogP contribution in [0.3, 0.4) is 0 Å². The molecule has 0 atom stereocenters. The number of anilines is 4. The molecule has 0 unspecified atom stereocenters. The standard InChI is InChI=1S/C22H24N4O2/c1-13(2)18-10-5-7-14(3)21(18)26-20-12-19(23-15(4)24-20)25-17-9-6-8-16(11-17)22(27)28/h5-13H,1-4H3,(H,27,28)(H2,23,24,25,26). The Bertz CT molecular complexity index is 1020. The highest BCUT2D eigenvalue weighted by Gasteiger charge is 2.11. The number of carboxylic acids is 1. The molecule has 1 heterocycles. The molecule has 1 aromatic heterocycles. The first kappa shape index (κ1) is 19.4. The smallest absolute Gasteiger partial charge is 0.335 e. The van der Waals surface area contributed by atoms with Gasteiger partial charge >= 0.3 is 5.97 Å². The summed E-state index contributed by atoms with van der Waals surface area (Å²) in [5, 5.41) is 15.8. The molecule has 0 aliphatic heterocycles. The maximum Gasteiger partial charge on any atom is 0.335 e. The van der Waals surface area contributed by atoms with Crippen molar-refractivity contribution in [3.05, 3.63) is 71.0 Å². The van der Waals surface area contributed by atoms with Gasteiger partial charge in [-0.2, -0.15) is 0 Å². The van der Waals surface area contributed by atoms with Gasteiger partial charge in [0.2, 0.25) is 0 Å². The lowest BCUT2D eigenvalue weighted by Crippen LogP contribution is -2.05. The Morgan fingerprint density at radius 2 is 1.64 bits per heavy atom. The molecule has 2 aromatic carbocycles. The van der Waals surface area contributed by atoms with Gasteiger partial charge in [-0.15, -0.1) is 0 Å². The normalized spacial score (nSPS) is 10.8. The number of para-hydroxylation sites is 1. The lowest BCUT2D eigenvalue weighted by molar-refractivity contribution is 0.0697. The van der Waals surface area contributed by atoms with Gasteiger partial charge in [-0.05, 0) is 49.1 Å². The fourth-order valence-corrected chi connectivity index (χ4v) is 3.04. The molecule has 0 fully saturated rings. The maximum absolute atomic E-state index is 11.2. The van der Waals surface area contributed by atoms with E-state index in [-0.39, 0.29) is 5.56 Å². The minimum Gasteiger partial charge on any atom is -0.478 e.